The van der Waals surface area contributed by atoms with E-state index >= 15 is 0 Å². The lowest BCUT2D eigenvalue weighted by Gasteiger charge is -1.98. The van der Waals surface area contributed by atoms with Crippen LogP contribution in [0.5, 0.6) is 0 Å². The summed E-state index contributed by atoms with van der Waals surface area (Å²) >= 11 is 0. The van der Waals surface area contributed by atoms with Crippen LogP contribution in [0.25, 0.3) is 0 Å². The van der Waals surface area contributed by atoms with Crippen molar-refractivity contribution >= 4 is 0 Å². The van der Waals surface area contributed by atoms with Crippen LogP contribution in [-0.2, 0) is 0 Å². The van der Waals surface area contributed by atoms with Crippen LogP contribution >= 0.6 is 0 Å². The summed E-state index contributed by atoms with van der Waals surface area (Å²) in [5, 5.41) is 0. The third-order valence-electron chi connectivity index (χ3n) is 15.1. The van der Waals surface area contributed by atoms with Crippen LogP contribution in [0.1, 0.15) is 277 Å². The van der Waals surface area contributed by atoms with Gasteiger partial charge in [-0.05, 0) is 148 Å². The molecule has 0 aliphatic heterocycles. The maximum absolute atomic E-state index is 5.65. The number of hydrogen-bond donors (Lipinski definition) is 3. The number of nitrogens with two attached hydrogens (primary N) is 3. The van der Waals surface area contributed by atoms with Gasteiger partial charge in [-0.1, -0.05) is 174 Å². The van der Waals surface area contributed by atoms with Gasteiger partial charge in [0.25, 0.3) is 0 Å². The third-order valence-corrected chi connectivity index (χ3v) is 15.1. The lowest BCUT2D eigenvalue weighted by atomic mass is 10.1. The molecule has 0 aromatic heterocycles. The zero-order chi connectivity index (χ0) is 42.7. The second-order valence-electron chi connectivity index (χ2n) is 23.2. The highest BCUT2D eigenvalue weighted by Crippen LogP contribution is 2.49. The van der Waals surface area contributed by atoms with Crippen LogP contribution in [0.15, 0.2) is 0 Å². The normalized spacial score (nSPS) is 26.7. The van der Waals surface area contributed by atoms with Crippen molar-refractivity contribution in [1.29, 1.82) is 0 Å². The Morgan fingerprint density at radius 3 is 0.464 bits per heavy atom. The first-order valence-electron chi connectivity index (χ1n) is 25.4. The van der Waals surface area contributed by atoms with Gasteiger partial charge in [-0.15, -0.1) is 0 Å². The summed E-state index contributed by atoms with van der Waals surface area (Å²) in [5.41, 5.74) is 20.3. The van der Waals surface area contributed by atoms with E-state index in [1.807, 2.05) is 0 Å². The third kappa shape index (κ3) is 38.1. The van der Waals surface area contributed by atoms with E-state index in [4.69, 9.17) is 17.2 Å². The summed E-state index contributed by atoms with van der Waals surface area (Å²) in [5.74, 6) is 4.33. The Morgan fingerprint density at radius 1 is 0.321 bits per heavy atom. The highest BCUT2D eigenvalue weighted by atomic mass is 14.8. The average molecular weight is 788 g/mol. The van der Waals surface area contributed by atoms with Crippen LogP contribution in [0, 0.1) is 45.3 Å². The van der Waals surface area contributed by atoms with Gasteiger partial charge in [0.1, 0.15) is 0 Å². The van der Waals surface area contributed by atoms with Crippen LogP contribution in [0.3, 0.4) is 0 Å². The van der Waals surface area contributed by atoms with Gasteiger partial charge in [-0.3, -0.25) is 0 Å². The smallest absolute Gasteiger partial charge is 0.0153 e. The molecule has 0 unspecified atom stereocenters. The van der Waals surface area contributed by atoms with E-state index in [1.54, 1.807) is 0 Å². The molecule has 336 valence electrons. The molecule has 0 heterocycles. The van der Waals surface area contributed by atoms with Crippen molar-refractivity contribution in [2.45, 2.75) is 294 Å². The van der Waals surface area contributed by atoms with Crippen LogP contribution in [0.4, 0.5) is 0 Å². The minimum atomic E-state index is 0.292. The topological polar surface area (TPSA) is 78.1 Å². The van der Waals surface area contributed by atoms with E-state index in [2.05, 4.69) is 96.9 Å². The molecule has 3 nitrogen and oxygen atoms in total. The van der Waals surface area contributed by atoms with Crippen LogP contribution in [0.2, 0.25) is 0 Å². The molecule has 0 aromatic rings. The fourth-order valence-electron chi connectivity index (χ4n) is 4.06. The molecule has 11 fully saturated rings. The Hall–Kier alpha value is -0.120. The minimum absolute atomic E-state index is 0.292. The summed E-state index contributed by atoms with van der Waals surface area (Å²) in [6.45, 7) is 31.9. The van der Waals surface area contributed by atoms with E-state index in [-0.39, 0.29) is 0 Å². The molecule has 0 atom stereocenters. The van der Waals surface area contributed by atoms with E-state index in [0.29, 0.717) is 17.1 Å². The fourth-order valence-corrected chi connectivity index (χ4v) is 4.06. The molecule has 0 aromatic carbocycles. The Balaban J connectivity index is 0.000000309. The maximum atomic E-state index is 5.65. The molecule has 56 heavy (non-hydrogen) atoms. The Kier molecular flexibility index (Phi) is 24.6. The molecule has 11 rings (SSSR count). The first kappa shape index (κ1) is 53.9. The summed E-state index contributed by atoms with van der Waals surface area (Å²) < 4.78 is 0. The van der Waals surface area contributed by atoms with E-state index in [9.17, 15) is 0 Å². The van der Waals surface area contributed by atoms with Gasteiger partial charge in [-0.2, -0.15) is 0 Å². The van der Waals surface area contributed by atoms with Crippen molar-refractivity contribution in [3.63, 3.8) is 0 Å². The van der Waals surface area contributed by atoms with Crippen molar-refractivity contribution in [2.24, 2.45) is 62.5 Å². The molecule has 6 N–H and O–H groups in total. The van der Waals surface area contributed by atoms with Crippen molar-refractivity contribution in [3.8, 4) is 0 Å². The first-order chi connectivity index (χ1) is 26.1. The predicted octanol–water partition coefficient (Wildman–Crippen LogP) is 16.3. The van der Waals surface area contributed by atoms with Crippen molar-refractivity contribution < 1.29 is 0 Å². The highest BCUT2D eigenvalue weighted by Gasteiger charge is 2.37. The molecule has 0 spiro atoms. The molecule has 11 saturated carbocycles. The van der Waals surface area contributed by atoms with Gasteiger partial charge in [0.15, 0.2) is 0 Å². The number of rotatable bonds is 6. The van der Waals surface area contributed by atoms with Gasteiger partial charge in [0, 0.05) is 17.1 Å². The van der Waals surface area contributed by atoms with Gasteiger partial charge in [0.05, 0.1) is 0 Å². The van der Waals surface area contributed by atoms with E-state index < -0.39 is 0 Å². The maximum Gasteiger partial charge on any atom is 0.0153 e. The lowest BCUT2D eigenvalue weighted by Crippen LogP contribution is -2.19. The van der Waals surface area contributed by atoms with Crippen molar-refractivity contribution in [2.75, 3.05) is 0 Å². The second-order valence-corrected chi connectivity index (χ2v) is 23.2. The second kappa shape index (κ2) is 25.6. The molecule has 0 radical (unpaired) electrons. The molecule has 0 bridgehead atoms. The Bertz CT molecular complexity index is 759. The summed E-state index contributed by atoms with van der Waals surface area (Å²) in [4.78, 5) is 0. The predicted molar refractivity (Wildman–Crippen MR) is 254 cm³/mol. The van der Waals surface area contributed by atoms with E-state index in [0.717, 1.165) is 58.2 Å². The molecule has 0 amide bonds. The lowest BCUT2D eigenvalue weighted by molar-refractivity contribution is 0.551. The molecule has 11 aliphatic carbocycles. The van der Waals surface area contributed by atoms with Gasteiger partial charge in [-0.25, -0.2) is 0 Å². The first-order valence-corrected chi connectivity index (χ1v) is 25.4. The van der Waals surface area contributed by atoms with Gasteiger partial charge in [0.2, 0.25) is 0 Å². The van der Waals surface area contributed by atoms with Gasteiger partial charge >= 0.3 is 0 Å². The number of hydrogen-bond acceptors (Lipinski definition) is 3. The zero-order valence-corrected chi connectivity index (χ0v) is 41.4. The monoisotopic (exact) mass is 788 g/mol. The standard InChI is InChI=1S/4C6H12.2C5H11N.4C4H8.C3H7N/c4*1-3-6(2)4-5-6;2*1-2-5(6)3-4-5;4*1-4-2-3-4;4-3-1-2-3/h4*3-5H2,1-2H3;2*2-4,6H2,1H3;4*4H,2-3H2,1H3;3H,1-2,4H2. The zero-order valence-electron chi connectivity index (χ0n) is 41.4. The van der Waals surface area contributed by atoms with Crippen LogP contribution in [-0.4, -0.2) is 17.1 Å². The fraction of sp³-hybridized carbons (Fsp3) is 1.00. The Labute approximate surface area is 355 Å². The molecule has 0 saturated heterocycles. The minimum Gasteiger partial charge on any atom is -0.328 e. The van der Waals surface area contributed by atoms with Crippen molar-refractivity contribution in [1.82, 2.24) is 0 Å². The van der Waals surface area contributed by atoms with E-state index in [1.165, 1.54) is 167 Å². The summed E-state index contributed by atoms with van der Waals surface area (Å²) in [7, 11) is 0. The van der Waals surface area contributed by atoms with Crippen LogP contribution < -0.4 is 17.2 Å². The molecular formula is C53H109N3. The quantitative estimate of drug-likeness (QED) is 0.251. The SMILES string of the molecule is CC1CC1.CC1CC1.CC1CC1.CC1CC1.CCC1(C)CC1.CCC1(C)CC1.CCC1(C)CC1.CCC1(C)CC1.CCC1(N)CC1.CCC1(N)CC1.NC1CC1. The molecular weight excluding hydrogens is 679 g/mol. The average Bonchev–Trinajstić information content (AvgIpc) is 3.98. The highest BCUT2D eigenvalue weighted by molar-refractivity contribution is 4.97. The summed E-state index contributed by atoms with van der Waals surface area (Å²) in [6.07, 6.45) is 39.1. The largest absolute Gasteiger partial charge is 0.328 e. The van der Waals surface area contributed by atoms with Crippen molar-refractivity contribution in [3.05, 3.63) is 0 Å². The Morgan fingerprint density at radius 2 is 0.464 bits per heavy atom. The molecule has 3 heteroatoms. The summed E-state index contributed by atoms with van der Waals surface area (Å²) in [6, 6.07) is 0.583. The van der Waals surface area contributed by atoms with Gasteiger partial charge < -0.3 is 17.2 Å². The molecule has 11 aliphatic rings.